The molecule has 2 aromatic rings. The summed E-state index contributed by atoms with van der Waals surface area (Å²) in [5.74, 6) is 0. The number of hydrogen-bond acceptors (Lipinski definition) is 0. The van der Waals surface area contributed by atoms with Gasteiger partial charge >= 0.3 is 0 Å². The number of rotatable bonds is 2. The van der Waals surface area contributed by atoms with Crippen molar-refractivity contribution in [3.63, 3.8) is 0 Å². The predicted molar refractivity (Wildman–Crippen MR) is 113 cm³/mol. The van der Waals surface area contributed by atoms with Crippen LogP contribution in [0.3, 0.4) is 0 Å². The quantitative estimate of drug-likeness (QED) is 0.554. The summed E-state index contributed by atoms with van der Waals surface area (Å²) in [4.78, 5) is 0. The van der Waals surface area contributed by atoms with Crippen LogP contribution in [0.1, 0.15) is 22.3 Å². The van der Waals surface area contributed by atoms with Crippen molar-refractivity contribution in [2.24, 2.45) is 0 Å². The molecule has 3 rings (SSSR count). The van der Waals surface area contributed by atoms with Gasteiger partial charge in [0.15, 0.2) is 0 Å². The largest absolute Gasteiger partial charge is 0.111 e. The van der Waals surface area contributed by atoms with E-state index < -0.39 is 16.1 Å². The molecule has 0 aromatic heterocycles. The first-order valence-corrected chi connectivity index (χ1v) is 15.0. The van der Waals surface area contributed by atoms with Gasteiger partial charge in [-0.05, 0) is 25.0 Å². The molecule has 0 bridgehead atoms. The smallest absolute Gasteiger partial charge is 0.0905 e. The zero-order valence-corrected chi connectivity index (χ0v) is 17.8. The lowest BCUT2D eigenvalue weighted by molar-refractivity contribution is 1.45. The summed E-state index contributed by atoms with van der Waals surface area (Å²) in [5, 5.41) is 3.24. The van der Waals surface area contributed by atoms with Crippen molar-refractivity contribution in [3.05, 3.63) is 82.2 Å². The Kier molecular flexibility index (Phi) is 4.31. The second-order valence-corrected chi connectivity index (χ2v) is 16.8. The van der Waals surface area contributed by atoms with Crippen molar-refractivity contribution in [2.45, 2.75) is 40.0 Å². The molecule has 0 amide bonds. The summed E-state index contributed by atoms with van der Waals surface area (Å²) < 4.78 is 0. The Morgan fingerprint density at radius 1 is 0.542 bits per heavy atom. The summed E-state index contributed by atoms with van der Waals surface area (Å²) >= 11 is 0. The maximum Gasteiger partial charge on any atom is 0.111 e. The summed E-state index contributed by atoms with van der Waals surface area (Å²) in [6.07, 6.45) is 0. The normalized spacial score (nSPS) is 18.8. The van der Waals surface area contributed by atoms with Crippen LogP contribution in [0.2, 0.25) is 26.2 Å². The third-order valence-electron chi connectivity index (χ3n) is 5.10. The monoisotopic (exact) mass is 348 g/mol. The minimum Gasteiger partial charge on any atom is -0.0905 e. The van der Waals surface area contributed by atoms with Crippen LogP contribution in [0.25, 0.3) is 10.4 Å². The second kappa shape index (κ2) is 6.01. The highest BCUT2D eigenvalue weighted by Gasteiger charge is 2.38. The lowest BCUT2D eigenvalue weighted by atomic mass is 10.1. The van der Waals surface area contributed by atoms with E-state index in [2.05, 4.69) is 100.0 Å². The highest BCUT2D eigenvalue weighted by molar-refractivity contribution is 7.13. The van der Waals surface area contributed by atoms with Gasteiger partial charge in [-0.25, -0.2) is 0 Å². The topological polar surface area (TPSA) is 0 Å². The van der Waals surface area contributed by atoms with Gasteiger partial charge in [0, 0.05) is 0 Å². The number of benzene rings is 2. The van der Waals surface area contributed by atoms with Gasteiger partial charge < -0.3 is 0 Å². The van der Waals surface area contributed by atoms with Crippen LogP contribution >= 0.6 is 0 Å². The zero-order valence-electron chi connectivity index (χ0n) is 15.8. The van der Waals surface area contributed by atoms with Crippen molar-refractivity contribution >= 4 is 26.5 Å². The fraction of sp³-hybridized carbons (Fsp3) is 0.273. The Balaban J connectivity index is 2.13. The first-order chi connectivity index (χ1) is 11.2. The summed E-state index contributed by atoms with van der Waals surface area (Å²) in [6, 6.07) is 18.3. The Morgan fingerprint density at radius 2 is 0.875 bits per heavy atom. The Hall–Kier alpha value is -1.65. The van der Waals surface area contributed by atoms with E-state index in [0.29, 0.717) is 0 Å². The lowest BCUT2D eigenvalue weighted by Crippen LogP contribution is -2.39. The van der Waals surface area contributed by atoms with E-state index in [4.69, 9.17) is 0 Å². The molecule has 1 heterocycles. The molecule has 0 N–H and O–H groups in total. The van der Waals surface area contributed by atoms with Crippen LogP contribution < -0.4 is 0 Å². The van der Waals surface area contributed by atoms with Gasteiger partial charge in [0.05, 0.1) is 8.07 Å². The van der Waals surface area contributed by atoms with Crippen molar-refractivity contribution in [1.82, 2.24) is 0 Å². The maximum atomic E-state index is 2.64. The van der Waals surface area contributed by atoms with E-state index in [1.165, 1.54) is 22.3 Å². The van der Waals surface area contributed by atoms with E-state index in [1.807, 2.05) is 0 Å². The molecule has 1 aliphatic rings. The average molecular weight is 349 g/mol. The van der Waals surface area contributed by atoms with Gasteiger partial charge in [0.1, 0.15) is 8.07 Å². The summed E-state index contributed by atoms with van der Waals surface area (Å²) in [5.41, 5.74) is 10.8. The van der Waals surface area contributed by atoms with Gasteiger partial charge in [-0.3, -0.25) is 0 Å². The van der Waals surface area contributed by atoms with Crippen molar-refractivity contribution in [3.8, 4) is 0 Å². The zero-order chi connectivity index (χ0) is 17.5. The second-order valence-electron chi connectivity index (χ2n) is 8.29. The molecule has 0 nitrogen and oxygen atoms in total. The molecule has 24 heavy (non-hydrogen) atoms. The van der Waals surface area contributed by atoms with Crippen LogP contribution in [0.4, 0.5) is 0 Å². The average Bonchev–Trinajstić information content (AvgIpc) is 2.51. The molecular formula is C22H28Si2. The Labute approximate surface area is 149 Å². The fourth-order valence-electron chi connectivity index (χ4n) is 3.65. The summed E-state index contributed by atoms with van der Waals surface area (Å²) in [7, 11) is -3.19. The third kappa shape index (κ3) is 3.26. The lowest BCUT2D eigenvalue weighted by Gasteiger charge is -2.37. The number of aryl methyl sites for hydroxylation is 2. The SMILES string of the molecule is Cc1ccc(C2=C[Si](C)(C)C=C(c3ccc(C)cc3)[Si]2(C)C)cc1. The van der Waals surface area contributed by atoms with Crippen molar-refractivity contribution in [2.75, 3.05) is 0 Å². The van der Waals surface area contributed by atoms with Crippen molar-refractivity contribution < 1.29 is 0 Å². The van der Waals surface area contributed by atoms with Gasteiger partial charge in [-0.2, -0.15) is 0 Å². The van der Waals surface area contributed by atoms with Crippen molar-refractivity contribution in [1.29, 1.82) is 0 Å². The maximum absolute atomic E-state index is 2.64. The molecule has 0 saturated carbocycles. The highest BCUT2D eigenvalue weighted by Crippen LogP contribution is 2.42. The van der Waals surface area contributed by atoms with E-state index >= 15 is 0 Å². The van der Waals surface area contributed by atoms with Gasteiger partial charge in [0.2, 0.25) is 0 Å². The highest BCUT2D eigenvalue weighted by atomic mass is 28.3. The number of hydrogen-bond donors (Lipinski definition) is 0. The molecule has 0 radical (unpaired) electrons. The molecule has 1 aliphatic heterocycles. The molecule has 124 valence electrons. The van der Waals surface area contributed by atoms with Crippen LogP contribution in [0, 0.1) is 13.8 Å². The minimum atomic E-state index is -1.70. The Morgan fingerprint density at radius 3 is 1.21 bits per heavy atom. The van der Waals surface area contributed by atoms with Crippen LogP contribution in [0.15, 0.2) is 59.9 Å². The van der Waals surface area contributed by atoms with E-state index in [0.717, 1.165) is 0 Å². The van der Waals surface area contributed by atoms with E-state index in [1.54, 1.807) is 10.4 Å². The molecule has 0 unspecified atom stereocenters. The molecule has 0 aliphatic carbocycles. The minimum absolute atomic E-state index is 1.33. The molecule has 0 saturated heterocycles. The Bertz CT molecular complexity index is 737. The van der Waals surface area contributed by atoms with Gasteiger partial charge in [0.25, 0.3) is 0 Å². The standard InChI is InChI=1S/C22H28Si2/c1-17-7-11-19(12-8-17)21-15-23(3,4)16-22(24(21,5)6)20-13-9-18(2)10-14-20/h7-16H,1-6H3. The molecule has 2 aromatic carbocycles. The molecule has 0 atom stereocenters. The van der Waals surface area contributed by atoms with Crippen LogP contribution in [0.5, 0.6) is 0 Å². The van der Waals surface area contributed by atoms with E-state index in [9.17, 15) is 0 Å². The molecule has 2 heteroatoms. The summed E-state index contributed by atoms with van der Waals surface area (Å²) in [6.45, 7) is 14.3. The van der Waals surface area contributed by atoms with Gasteiger partial charge in [-0.15, -0.1) is 0 Å². The first kappa shape index (κ1) is 17.2. The predicted octanol–water partition coefficient (Wildman–Crippen LogP) is 6.36. The molecule has 0 spiro atoms. The third-order valence-corrected chi connectivity index (χ3v) is 11.3. The van der Waals surface area contributed by atoms with E-state index in [-0.39, 0.29) is 0 Å². The molecular weight excluding hydrogens is 320 g/mol. The van der Waals surface area contributed by atoms with Gasteiger partial charge in [-0.1, -0.05) is 108 Å². The van der Waals surface area contributed by atoms with Crippen LogP contribution in [-0.2, 0) is 0 Å². The molecule has 0 fully saturated rings. The fourth-order valence-corrected chi connectivity index (χ4v) is 12.7. The van der Waals surface area contributed by atoms with Crippen LogP contribution in [-0.4, -0.2) is 16.1 Å². The first-order valence-electron chi connectivity index (χ1n) is 8.80.